The summed E-state index contributed by atoms with van der Waals surface area (Å²) in [7, 11) is 0. The number of aliphatic carboxylic acids is 1. The van der Waals surface area contributed by atoms with E-state index in [1.807, 2.05) is 6.07 Å². The van der Waals surface area contributed by atoms with E-state index in [1.165, 1.54) is 13.0 Å². The fraction of sp³-hybridized carbons (Fsp3) is 0.286. The van der Waals surface area contributed by atoms with E-state index in [2.05, 4.69) is 5.32 Å². The molecular weight excluding hydrogens is 362 g/mol. The monoisotopic (exact) mass is 385 g/mol. The standard InChI is InChI=1S/C21H23NO6/c1-12(15-8-5-4-6-9-15)18(19(24)21(26)27)22-20(25)16-10-7-11-17(13(16)2)28-14(3)23/h4-12,18-19,24H,1-3H3,(H,22,25)(H,26,27)/t12-,18?,19?/m1/s1. The molecule has 2 aromatic carbocycles. The molecule has 3 N–H and O–H groups in total. The Hall–Kier alpha value is -3.19. The van der Waals surface area contributed by atoms with Crippen molar-refractivity contribution in [3.8, 4) is 5.75 Å². The van der Waals surface area contributed by atoms with Crippen LogP contribution in [-0.2, 0) is 9.59 Å². The van der Waals surface area contributed by atoms with Crippen molar-refractivity contribution in [2.24, 2.45) is 0 Å². The van der Waals surface area contributed by atoms with Gasteiger partial charge in [0.05, 0.1) is 6.04 Å². The van der Waals surface area contributed by atoms with Crippen LogP contribution in [0, 0.1) is 6.92 Å². The Balaban J connectivity index is 2.33. The highest BCUT2D eigenvalue weighted by Gasteiger charge is 2.33. The molecular formula is C21H23NO6. The van der Waals surface area contributed by atoms with Crippen LogP contribution in [0.1, 0.15) is 41.3 Å². The number of ether oxygens (including phenoxy) is 1. The van der Waals surface area contributed by atoms with E-state index in [0.29, 0.717) is 5.56 Å². The first-order valence-corrected chi connectivity index (χ1v) is 8.77. The van der Waals surface area contributed by atoms with Crippen molar-refractivity contribution >= 4 is 17.8 Å². The molecule has 7 heteroatoms. The number of amides is 1. The van der Waals surface area contributed by atoms with Gasteiger partial charge in [-0.2, -0.15) is 0 Å². The Bertz CT molecular complexity index is 864. The summed E-state index contributed by atoms with van der Waals surface area (Å²) in [5.74, 6) is -2.74. The van der Waals surface area contributed by atoms with Gasteiger partial charge in [0.15, 0.2) is 6.10 Å². The molecule has 2 rings (SSSR count). The molecule has 0 fully saturated rings. The van der Waals surface area contributed by atoms with Gasteiger partial charge in [-0.05, 0) is 24.6 Å². The molecule has 0 aliphatic carbocycles. The number of esters is 1. The maximum absolute atomic E-state index is 12.8. The van der Waals surface area contributed by atoms with Crippen molar-refractivity contribution in [1.82, 2.24) is 5.32 Å². The van der Waals surface area contributed by atoms with E-state index >= 15 is 0 Å². The van der Waals surface area contributed by atoms with Crippen molar-refractivity contribution < 1.29 is 29.3 Å². The summed E-state index contributed by atoms with van der Waals surface area (Å²) < 4.78 is 5.08. The molecule has 2 aromatic rings. The fourth-order valence-electron chi connectivity index (χ4n) is 2.95. The number of carboxylic acids is 1. The van der Waals surface area contributed by atoms with Crippen LogP contribution in [-0.4, -0.2) is 40.2 Å². The van der Waals surface area contributed by atoms with Crippen LogP contribution in [0.25, 0.3) is 0 Å². The average Bonchev–Trinajstić information content (AvgIpc) is 2.66. The molecule has 0 saturated carbocycles. The number of benzene rings is 2. The molecule has 0 spiro atoms. The molecule has 1 amide bonds. The number of hydrogen-bond donors (Lipinski definition) is 3. The number of aliphatic hydroxyl groups is 1. The summed E-state index contributed by atoms with van der Waals surface area (Å²) in [6.45, 7) is 4.61. The number of hydrogen-bond acceptors (Lipinski definition) is 5. The van der Waals surface area contributed by atoms with Gasteiger partial charge < -0.3 is 20.3 Å². The second-order valence-electron chi connectivity index (χ2n) is 6.50. The molecule has 148 valence electrons. The molecule has 3 atom stereocenters. The molecule has 0 saturated heterocycles. The summed E-state index contributed by atoms with van der Waals surface area (Å²) in [6.07, 6.45) is -1.80. The van der Waals surface area contributed by atoms with Crippen molar-refractivity contribution in [2.75, 3.05) is 0 Å². The zero-order chi connectivity index (χ0) is 20.8. The van der Waals surface area contributed by atoms with Crippen LogP contribution >= 0.6 is 0 Å². The Labute approximate surface area is 163 Å². The van der Waals surface area contributed by atoms with Gasteiger partial charge in [-0.25, -0.2) is 4.79 Å². The molecule has 0 aliphatic rings. The van der Waals surface area contributed by atoms with Gasteiger partial charge in [-0.15, -0.1) is 0 Å². The molecule has 0 radical (unpaired) electrons. The number of aliphatic hydroxyl groups excluding tert-OH is 1. The van der Waals surface area contributed by atoms with Crippen LogP contribution in [0.2, 0.25) is 0 Å². The highest BCUT2D eigenvalue weighted by Crippen LogP contribution is 2.24. The molecule has 28 heavy (non-hydrogen) atoms. The number of rotatable bonds is 7. The van der Waals surface area contributed by atoms with Crippen molar-refractivity contribution in [3.63, 3.8) is 0 Å². The normalized spacial score (nSPS) is 13.9. The minimum Gasteiger partial charge on any atom is -0.479 e. The molecule has 0 heterocycles. The van der Waals surface area contributed by atoms with Gasteiger partial charge in [-0.1, -0.05) is 43.3 Å². The Kier molecular flexibility index (Phi) is 6.89. The predicted octanol–water partition coefficient (Wildman–Crippen LogP) is 2.27. The topological polar surface area (TPSA) is 113 Å². The summed E-state index contributed by atoms with van der Waals surface area (Å²) in [5, 5.41) is 22.1. The highest BCUT2D eigenvalue weighted by molar-refractivity contribution is 5.97. The summed E-state index contributed by atoms with van der Waals surface area (Å²) in [4.78, 5) is 35.4. The summed E-state index contributed by atoms with van der Waals surface area (Å²) in [6, 6.07) is 12.6. The largest absolute Gasteiger partial charge is 0.479 e. The molecule has 2 unspecified atom stereocenters. The van der Waals surface area contributed by atoms with Crippen LogP contribution in [0.4, 0.5) is 0 Å². The van der Waals surface area contributed by atoms with E-state index < -0.39 is 35.9 Å². The maximum atomic E-state index is 12.8. The lowest BCUT2D eigenvalue weighted by atomic mass is 9.89. The van der Waals surface area contributed by atoms with Crippen LogP contribution in [0.15, 0.2) is 48.5 Å². The Morgan fingerprint density at radius 2 is 1.68 bits per heavy atom. The smallest absolute Gasteiger partial charge is 0.334 e. The van der Waals surface area contributed by atoms with E-state index in [0.717, 1.165) is 5.56 Å². The molecule has 0 aliphatic heterocycles. The van der Waals surface area contributed by atoms with Crippen molar-refractivity contribution in [2.45, 2.75) is 38.8 Å². The lowest BCUT2D eigenvalue weighted by Gasteiger charge is -2.28. The first kappa shape index (κ1) is 21.1. The van der Waals surface area contributed by atoms with Crippen LogP contribution < -0.4 is 10.1 Å². The highest BCUT2D eigenvalue weighted by atomic mass is 16.5. The second-order valence-corrected chi connectivity index (χ2v) is 6.50. The van der Waals surface area contributed by atoms with Gasteiger partial charge in [-0.3, -0.25) is 9.59 Å². The number of carboxylic acid groups (broad SMARTS) is 1. The lowest BCUT2D eigenvalue weighted by molar-refractivity contribution is -0.148. The number of nitrogens with one attached hydrogen (secondary N) is 1. The van der Waals surface area contributed by atoms with Crippen LogP contribution in [0.5, 0.6) is 5.75 Å². The van der Waals surface area contributed by atoms with Crippen molar-refractivity contribution in [1.29, 1.82) is 0 Å². The van der Waals surface area contributed by atoms with E-state index in [9.17, 15) is 24.6 Å². The van der Waals surface area contributed by atoms with Crippen LogP contribution in [0.3, 0.4) is 0 Å². The minimum absolute atomic E-state index is 0.224. The van der Waals surface area contributed by atoms with E-state index in [4.69, 9.17) is 4.74 Å². The quantitative estimate of drug-likeness (QED) is 0.498. The van der Waals surface area contributed by atoms with Crippen molar-refractivity contribution in [3.05, 3.63) is 65.2 Å². The number of carbonyl (C=O) groups is 3. The zero-order valence-electron chi connectivity index (χ0n) is 15.9. The zero-order valence-corrected chi connectivity index (χ0v) is 15.9. The summed E-state index contributed by atoms with van der Waals surface area (Å²) in [5.41, 5.74) is 1.44. The van der Waals surface area contributed by atoms with E-state index in [1.54, 1.807) is 50.2 Å². The Morgan fingerprint density at radius 3 is 2.25 bits per heavy atom. The fourth-order valence-corrected chi connectivity index (χ4v) is 2.95. The lowest BCUT2D eigenvalue weighted by Crippen LogP contribution is -2.50. The first-order valence-electron chi connectivity index (χ1n) is 8.77. The van der Waals surface area contributed by atoms with Gasteiger partial charge in [0.25, 0.3) is 5.91 Å². The van der Waals surface area contributed by atoms with Gasteiger partial charge in [0, 0.05) is 24.0 Å². The van der Waals surface area contributed by atoms with Gasteiger partial charge >= 0.3 is 11.9 Å². The third-order valence-corrected chi connectivity index (χ3v) is 4.54. The molecule has 7 nitrogen and oxygen atoms in total. The van der Waals surface area contributed by atoms with Gasteiger partial charge in [0.1, 0.15) is 5.75 Å². The SMILES string of the molecule is CC(=O)Oc1cccc(C(=O)NC(C(O)C(=O)O)[C@H](C)c2ccccc2)c1C. The second kappa shape index (κ2) is 9.14. The first-order chi connectivity index (χ1) is 13.2. The maximum Gasteiger partial charge on any atom is 0.334 e. The molecule has 0 aromatic heterocycles. The number of carbonyl (C=O) groups excluding carboxylic acids is 2. The molecule has 0 bridgehead atoms. The summed E-state index contributed by atoms with van der Waals surface area (Å²) >= 11 is 0. The third kappa shape index (κ3) is 4.95. The average molecular weight is 385 g/mol. The third-order valence-electron chi connectivity index (χ3n) is 4.54. The predicted molar refractivity (Wildman–Crippen MR) is 102 cm³/mol. The Morgan fingerprint density at radius 1 is 1.04 bits per heavy atom. The van der Waals surface area contributed by atoms with E-state index in [-0.39, 0.29) is 11.3 Å². The minimum atomic E-state index is -1.80. The van der Waals surface area contributed by atoms with Gasteiger partial charge in [0.2, 0.25) is 0 Å².